The van der Waals surface area contributed by atoms with E-state index >= 15 is 0 Å². The van der Waals surface area contributed by atoms with Crippen LogP contribution in [-0.2, 0) is 4.74 Å². The number of hydrogen-bond donors (Lipinski definition) is 0. The van der Waals surface area contributed by atoms with Crippen LogP contribution in [0.2, 0.25) is 0 Å². The van der Waals surface area contributed by atoms with Crippen molar-refractivity contribution < 1.29 is 9.53 Å². The van der Waals surface area contributed by atoms with Gasteiger partial charge < -0.3 is 9.64 Å². The van der Waals surface area contributed by atoms with Crippen LogP contribution in [0.4, 0.5) is 0 Å². The first-order chi connectivity index (χ1) is 8.46. The minimum absolute atomic E-state index is 0.0234. The Morgan fingerprint density at radius 2 is 2.11 bits per heavy atom. The molecule has 18 heavy (non-hydrogen) atoms. The molecular formula is C12H18N2O2S2. The molecule has 6 heteroatoms. The molecule has 2 rings (SSSR count). The zero-order valence-corrected chi connectivity index (χ0v) is 12.6. The van der Waals surface area contributed by atoms with Gasteiger partial charge >= 0.3 is 0 Å². The van der Waals surface area contributed by atoms with Gasteiger partial charge in [-0.2, -0.15) is 0 Å². The molecule has 1 aromatic rings. The molecule has 0 N–H and O–H groups in total. The number of thiazole rings is 1. The highest BCUT2D eigenvalue weighted by molar-refractivity contribution is 8.02. The van der Waals surface area contributed by atoms with Crippen molar-refractivity contribution in [2.75, 3.05) is 26.3 Å². The first-order valence-electron chi connectivity index (χ1n) is 5.97. The van der Waals surface area contributed by atoms with E-state index in [2.05, 4.69) is 25.8 Å². The fraction of sp³-hybridized carbons (Fsp3) is 0.667. The van der Waals surface area contributed by atoms with Gasteiger partial charge in [0.1, 0.15) is 5.69 Å². The van der Waals surface area contributed by atoms with Crippen molar-refractivity contribution in [3.63, 3.8) is 0 Å². The molecule has 0 aromatic carbocycles. The smallest absolute Gasteiger partial charge is 0.273 e. The van der Waals surface area contributed by atoms with Crippen LogP contribution in [-0.4, -0.2) is 46.8 Å². The normalized spacial score (nSPS) is 16.9. The molecule has 1 aromatic heterocycles. The van der Waals surface area contributed by atoms with E-state index in [-0.39, 0.29) is 10.7 Å². The fourth-order valence-electron chi connectivity index (χ4n) is 1.59. The summed E-state index contributed by atoms with van der Waals surface area (Å²) < 4.78 is 6.32. The van der Waals surface area contributed by atoms with Gasteiger partial charge in [-0.15, -0.1) is 11.3 Å². The molecule has 0 saturated carbocycles. The third kappa shape index (κ3) is 3.70. The summed E-state index contributed by atoms with van der Waals surface area (Å²) in [4.78, 5) is 18.4. The second-order valence-corrected chi connectivity index (χ2v) is 8.05. The van der Waals surface area contributed by atoms with Crippen molar-refractivity contribution in [1.29, 1.82) is 0 Å². The molecule has 0 spiro atoms. The summed E-state index contributed by atoms with van der Waals surface area (Å²) in [5, 5.41) is 1.85. The number of nitrogens with zero attached hydrogens (tertiary/aromatic N) is 2. The van der Waals surface area contributed by atoms with Gasteiger partial charge in [0.25, 0.3) is 5.91 Å². The summed E-state index contributed by atoms with van der Waals surface area (Å²) in [7, 11) is 0. The van der Waals surface area contributed by atoms with Crippen molar-refractivity contribution >= 4 is 29.0 Å². The second kappa shape index (κ2) is 5.59. The van der Waals surface area contributed by atoms with Crippen LogP contribution >= 0.6 is 23.1 Å². The molecule has 1 fully saturated rings. The summed E-state index contributed by atoms with van der Waals surface area (Å²) in [5.74, 6) is 0.0234. The highest BCUT2D eigenvalue weighted by Crippen LogP contribution is 2.34. The van der Waals surface area contributed by atoms with Crippen molar-refractivity contribution in [2.45, 2.75) is 29.9 Å². The summed E-state index contributed by atoms with van der Waals surface area (Å²) in [5.41, 5.74) is 0.564. The third-order valence-corrected chi connectivity index (χ3v) is 4.45. The average molecular weight is 286 g/mol. The number of carbonyl (C=O) groups is 1. The molecule has 1 aliphatic heterocycles. The Morgan fingerprint density at radius 1 is 1.44 bits per heavy atom. The first kappa shape index (κ1) is 13.8. The molecule has 0 radical (unpaired) electrons. The van der Waals surface area contributed by atoms with Crippen LogP contribution in [0.1, 0.15) is 31.3 Å². The van der Waals surface area contributed by atoms with E-state index in [1.54, 1.807) is 23.1 Å². The van der Waals surface area contributed by atoms with Gasteiger partial charge in [-0.25, -0.2) is 4.98 Å². The maximum atomic E-state index is 12.2. The third-order valence-electron chi connectivity index (χ3n) is 2.39. The monoisotopic (exact) mass is 286 g/mol. The van der Waals surface area contributed by atoms with Gasteiger partial charge in [0, 0.05) is 23.2 Å². The van der Waals surface area contributed by atoms with E-state index in [4.69, 9.17) is 4.74 Å². The lowest BCUT2D eigenvalue weighted by molar-refractivity contribution is 0.0299. The van der Waals surface area contributed by atoms with Gasteiger partial charge in [-0.3, -0.25) is 4.79 Å². The van der Waals surface area contributed by atoms with E-state index in [0.29, 0.717) is 32.0 Å². The maximum absolute atomic E-state index is 12.2. The molecule has 1 amide bonds. The minimum atomic E-state index is 0.0234. The van der Waals surface area contributed by atoms with Crippen LogP contribution in [0.25, 0.3) is 0 Å². The first-order valence-corrected chi connectivity index (χ1v) is 7.67. The van der Waals surface area contributed by atoms with Gasteiger partial charge in [0.15, 0.2) is 4.34 Å². The molecule has 0 atom stereocenters. The maximum Gasteiger partial charge on any atom is 0.273 e. The second-order valence-electron chi connectivity index (χ2n) is 5.12. The van der Waals surface area contributed by atoms with E-state index in [9.17, 15) is 4.79 Å². The molecule has 0 unspecified atom stereocenters. The topological polar surface area (TPSA) is 42.4 Å². The Labute approximate surface area is 116 Å². The van der Waals surface area contributed by atoms with Gasteiger partial charge in [0.05, 0.1) is 13.2 Å². The van der Waals surface area contributed by atoms with E-state index in [0.717, 1.165) is 4.34 Å². The van der Waals surface area contributed by atoms with E-state index in [1.807, 2.05) is 10.3 Å². The SMILES string of the molecule is CC(C)(C)Sc1nc(C(=O)N2CCOCC2)cs1. The molecule has 2 heterocycles. The number of hydrogen-bond acceptors (Lipinski definition) is 5. The molecule has 100 valence electrons. The predicted octanol–water partition coefficient (Wildman–Crippen LogP) is 2.51. The predicted molar refractivity (Wildman–Crippen MR) is 74.4 cm³/mol. The van der Waals surface area contributed by atoms with Crippen LogP contribution in [0, 0.1) is 0 Å². The van der Waals surface area contributed by atoms with Gasteiger partial charge in [-0.1, -0.05) is 32.5 Å². The number of aromatic nitrogens is 1. The lowest BCUT2D eigenvalue weighted by atomic mass is 10.3. The largest absolute Gasteiger partial charge is 0.378 e. The summed E-state index contributed by atoms with van der Waals surface area (Å²) >= 11 is 3.24. The quantitative estimate of drug-likeness (QED) is 0.784. The Bertz CT molecular complexity index is 420. The fourth-order valence-corrected chi connectivity index (χ4v) is 3.86. The molecule has 1 saturated heterocycles. The number of morpholine rings is 1. The lowest BCUT2D eigenvalue weighted by Crippen LogP contribution is -2.40. The zero-order chi connectivity index (χ0) is 13.2. The van der Waals surface area contributed by atoms with E-state index < -0.39 is 0 Å². The van der Waals surface area contributed by atoms with Crippen LogP contribution < -0.4 is 0 Å². The summed E-state index contributed by atoms with van der Waals surface area (Å²) in [6.07, 6.45) is 0. The molecule has 1 aliphatic rings. The van der Waals surface area contributed by atoms with Gasteiger partial charge in [-0.05, 0) is 0 Å². The molecule has 0 bridgehead atoms. The number of ether oxygens (including phenoxy) is 1. The summed E-state index contributed by atoms with van der Waals surface area (Å²) in [6.45, 7) is 9.00. The minimum Gasteiger partial charge on any atom is -0.378 e. The van der Waals surface area contributed by atoms with Crippen molar-refractivity contribution in [3.8, 4) is 0 Å². The molecular weight excluding hydrogens is 268 g/mol. The molecule has 4 nitrogen and oxygen atoms in total. The van der Waals surface area contributed by atoms with Crippen LogP contribution in [0.5, 0.6) is 0 Å². The van der Waals surface area contributed by atoms with Crippen LogP contribution in [0.3, 0.4) is 0 Å². The number of rotatable bonds is 2. The Morgan fingerprint density at radius 3 is 2.72 bits per heavy atom. The Balaban J connectivity index is 2.02. The molecule has 0 aliphatic carbocycles. The number of amides is 1. The van der Waals surface area contributed by atoms with Crippen LogP contribution in [0.15, 0.2) is 9.72 Å². The Kier molecular flexibility index (Phi) is 4.29. The van der Waals surface area contributed by atoms with E-state index in [1.165, 1.54) is 0 Å². The number of thioether (sulfide) groups is 1. The average Bonchev–Trinajstić information content (AvgIpc) is 2.75. The lowest BCUT2D eigenvalue weighted by Gasteiger charge is -2.26. The van der Waals surface area contributed by atoms with Crippen molar-refractivity contribution in [3.05, 3.63) is 11.1 Å². The van der Waals surface area contributed by atoms with Crippen molar-refractivity contribution in [2.24, 2.45) is 0 Å². The zero-order valence-electron chi connectivity index (χ0n) is 10.9. The Hall–Kier alpha value is -0.590. The number of carbonyl (C=O) groups excluding carboxylic acids is 1. The van der Waals surface area contributed by atoms with Crippen molar-refractivity contribution in [1.82, 2.24) is 9.88 Å². The highest BCUT2D eigenvalue weighted by atomic mass is 32.2. The highest BCUT2D eigenvalue weighted by Gasteiger charge is 2.22. The van der Waals surface area contributed by atoms with Gasteiger partial charge in [0.2, 0.25) is 0 Å². The summed E-state index contributed by atoms with van der Waals surface area (Å²) in [6, 6.07) is 0. The standard InChI is InChI=1S/C12H18N2O2S2/c1-12(2,3)18-11-13-9(8-17-11)10(15)14-4-6-16-7-5-14/h8H,4-7H2,1-3H3.